The lowest BCUT2D eigenvalue weighted by Crippen LogP contribution is -2.07. The average Bonchev–Trinajstić information content (AvgIpc) is 3.50. The molecule has 2 aromatic heterocycles. The highest BCUT2D eigenvalue weighted by Gasteiger charge is 2.17. The van der Waals surface area contributed by atoms with Crippen LogP contribution in [0, 0.1) is 5.82 Å². The second-order valence-electron chi connectivity index (χ2n) is 7.53. The number of nitrogens with zero attached hydrogens (tertiary/aromatic N) is 5. The first-order valence-electron chi connectivity index (χ1n) is 10.8. The van der Waals surface area contributed by atoms with Crippen molar-refractivity contribution in [2.75, 3.05) is 0 Å². The predicted molar refractivity (Wildman–Crippen MR) is 129 cm³/mol. The Kier molecular flexibility index (Phi) is 6.67. The summed E-state index contributed by atoms with van der Waals surface area (Å²) in [6.07, 6.45) is 3.80. The van der Waals surface area contributed by atoms with Crippen LogP contribution in [0.15, 0.2) is 102 Å². The second kappa shape index (κ2) is 10.4. The summed E-state index contributed by atoms with van der Waals surface area (Å²) in [5.41, 5.74) is 2.13. The third-order valence-electron chi connectivity index (χ3n) is 5.24. The number of imidazole rings is 1. The molecule has 0 N–H and O–H groups in total. The van der Waals surface area contributed by atoms with Crippen molar-refractivity contribution in [3.8, 4) is 11.4 Å². The monoisotopic (exact) mass is 471 g/mol. The van der Waals surface area contributed by atoms with Crippen LogP contribution in [0.25, 0.3) is 5.69 Å². The van der Waals surface area contributed by atoms with Gasteiger partial charge in [0.15, 0.2) is 22.5 Å². The van der Waals surface area contributed by atoms with Crippen LogP contribution in [-0.4, -0.2) is 24.3 Å². The summed E-state index contributed by atoms with van der Waals surface area (Å²) in [5.74, 6) is 1.93. The minimum Gasteiger partial charge on any atom is -0.483 e. The minimum absolute atomic E-state index is 0.0893. The van der Waals surface area contributed by atoms with Crippen LogP contribution in [0.2, 0.25) is 0 Å². The molecule has 0 saturated carbocycles. The topological polar surface area (TPSA) is 57.8 Å². The highest BCUT2D eigenvalue weighted by molar-refractivity contribution is 7.98. The summed E-state index contributed by atoms with van der Waals surface area (Å²) in [7, 11) is 0. The van der Waals surface area contributed by atoms with E-state index < -0.39 is 5.82 Å². The third-order valence-corrected chi connectivity index (χ3v) is 6.16. The van der Waals surface area contributed by atoms with Crippen molar-refractivity contribution in [1.29, 1.82) is 0 Å². The molecular weight excluding hydrogens is 449 g/mol. The van der Waals surface area contributed by atoms with Crippen molar-refractivity contribution in [3.05, 3.63) is 120 Å². The van der Waals surface area contributed by atoms with Gasteiger partial charge < -0.3 is 9.30 Å². The van der Waals surface area contributed by atoms with Gasteiger partial charge in [-0.25, -0.2) is 9.37 Å². The molecule has 8 heteroatoms. The lowest BCUT2D eigenvalue weighted by atomic mass is 10.2. The van der Waals surface area contributed by atoms with E-state index in [1.807, 2.05) is 65.5 Å². The Bertz CT molecular complexity index is 1350. The summed E-state index contributed by atoms with van der Waals surface area (Å²) in [6.45, 7) is 0.843. The Morgan fingerprint density at radius 3 is 2.35 bits per heavy atom. The van der Waals surface area contributed by atoms with Crippen LogP contribution >= 0.6 is 11.8 Å². The third kappa shape index (κ3) is 5.02. The largest absolute Gasteiger partial charge is 0.483 e. The number of hydrogen-bond donors (Lipinski definition) is 0. The highest BCUT2D eigenvalue weighted by Crippen LogP contribution is 2.26. The molecule has 6 nitrogen and oxygen atoms in total. The number of para-hydroxylation sites is 2. The number of rotatable bonds is 9. The SMILES string of the molecule is Fc1ccccc1OCc1nnc(SCc2nccn2Cc2ccccc2)n1-c1ccccc1. The molecule has 0 fully saturated rings. The Morgan fingerprint density at radius 2 is 1.56 bits per heavy atom. The van der Waals surface area contributed by atoms with Gasteiger partial charge in [0.25, 0.3) is 0 Å². The van der Waals surface area contributed by atoms with E-state index in [1.165, 1.54) is 11.6 Å². The first-order chi connectivity index (χ1) is 16.8. The Labute approximate surface area is 201 Å². The van der Waals surface area contributed by atoms with Crippen LogP contribution in [0.4, 0.5) is 4.39 Å². The van der Waals surface area contributed by atoms with Gasteiger partial charge in [0.05, 0.1) is 5.75 Å². The summed E-state index contributed by atoms with van der Waals surface area (Å²) < 4.78 is 23.8. The first kappa shape index (κ1) is 21.9. The summed E-state index contributed by atoms with van der Waals surface area (Å²) >= 11 is 1.55. The van der Waals surface area contributed by atoms with E-state index in [0.717, 1.165) is 18.1 Å². The van der Waals surface area contributed by atoms with Crippen LogP contribution < -0.4 is 4.74 Å². The van der Waals surface area contributed by atoms with Crippen LogP contribution in [-0.2, 0) is 18.9 Å². The van der Waals surface area contributed by atoms with Crippen LogP contribution in [0.5, 0.6) is 5.75 Å². The van der Waals surface area contributed by atoms with Gasteiger partial charge >= 0.3 is 0 Å². The van der Waals surface area contributed by atoms with E-state index in [4.69, 9.17) is 4.74 Å². The molecule has 0 aliphatic carbocycles. The number of benzene rings is 3. The molecule has 0 aliphatic heterocycles. The van der Waals surface area contributed by atoms with Gasteiger partial charge in [-0.15, -0.1) is 10.2 Å². The zero-order chi connectivity index (χ0) is 23.2. The van der Waals surface area contributed by atoms with E-state index in [-0.39, 0.29) is 12.4 Å². The van der Waals surface area contributed by atoms with Crippen molar-refractivity contribution < 1.29 is 9.13 Å². The molecule has 5 aromatic rings. The van der Waals surface area contributed by atoms with Gasteiger partial charge in [0, 0.05) is 24.6 Å². The zero-order valence-electron chi connectivity index (χ0n) is 18.3. The predicted octanol–water partition coefficient (Wildman–Crippen LogP) is 5.52. The Morgan fingerprint density at radius 1 is 0.824 bits per heavy atom. The lowest BCUT2D eigenvalue weighted by molar-refractivity contribution is 0.278. The van der Waals surface area contributed by atoms with Crippen molar-refractivity contribution >= 4 is 11.8 Å². The molecule has 2 heterocycles. The van der Waals surface area contributed by atoms with Crippen molar-refractivity contribution in [2.45, 2.75) is 24.1 Å². The van der Waals surface area contributed by atoms with Gasteiger partial charge in [-0.1, -0.05) is 72.4 Å². The number of aromatic nitrogens is 5. The van der Waals surface area contributed by atoms with Gasteiger partial charge in [-0.05, 0) is 29.8 Å². The molecule has 0 atom stereocenters. The van der Waals surface area contributed by atoms with E-state index >= 15 is 0 Å². The minimum atomic E-state index is -0.409. The van der Waals surface area contributed by atoms with Gasteiger partial charge in [-0.3, -0.25) is 4.57 Å². The van der Waals surface area contributed by atoms with Crippen molar-refractivity contribution in [3.63, 3.8) is 0 Å². The van der Waals surface area contributed by atoms with E-state index in [0.29, 0.717) is 16.7 Å². The highest BCUT2D eigenvalue weighted by atomic mass is 32.2. The molecule has 0 unspecified atom stereocenters. The summed E-state index contributed by atoms with van der Waals surface area (Å²) in [4.78, 5) is 4.54. The van der Waals surface area contributed by atoms with E-state index in [9.17, 15) is 4.39 Å². The fourth-order valence-corrected chi connectivity index (χ4v) is 4.50. The summed E-state index contributed by atoms with van der Waals surface area (Å²) in [6, 6.07) is 26.5. The number of ether oxygens (including phenoxy) is 1. The Hall–Kier alpha value is -3.91. The fourth-order valence-electron chi connectivity index (χ4n) is 3.56. The van der Waals surface area contributed by atoms with Gasteiger partial charge in [0.1, 0.15) is 12.4 Å². The van der Waals surface area contributed by atoms with Crippen LogP contribution in [0.3, 0.4) is 0 Å². The molecule has 5 rings (SSSR count). The maximum absolute atomic E-state index is 14.0. The van der Waals surface area contributed by atoms with Crippen LogP contribution in [0.1, 0.15) is 17.2 Å². The number of halogens is 1. The molecule has 0 spiro atoms. The van der Waals surface area contributed by atoms with E-state index in [1.54, 1.807) is 30.0 Å². The summed E-state index contributed by atoms with van der Waals surface area (Å²) in [5, 5.41) is 9.47. The smallest absolute Gasteiger partial charge is 0.196 e. The van der Waals surface area contributed by atoms with Crippen molar-refractivity contribution in [1.82, 2.24) is 24.3 Å². The molecule has 0 amide bonds. The zero-order valence-corrected chi connectivity index (χ0v) is 19.1. The molecule has 34 heavy (non-hydrogen) atoms. The van der Waals surface area contributed by atoms with Crippen molar-refractivity contribution in [2.24, 2.45) is 0 Å². The maximum atomic E-state index is 14.0. The molecule has 0 saturated heterocycles. The number of hydrogen-bond acceptors (Lipinski definition) is 5. The molecule has 170 valence electrons. The molecule has 3 aromatic carbocycles. The molecular formula is C26H22FN5OS. The lowest BCUT2D eigenvalue weighted by Gasteiger charge is -2.12. The average molecular weight is 472 g/mol. The standard InChI is InChI=1S/C26H22FN5OS/c27-22-13-7-8-14-23(22)33-18-24-29-30-26(32(24)21-11-5-2-6-12-21)34-19-25-28-15-16-31(25)17-20-9-3-1-4-10-20/h1-16H,17-19H2. The normalized spacial score (nSPS) is 11.0. The molecule has 0 bridgehead atoms. The van der Waals surface area contributed by atoms with Gasteiger partial charge in [-0.2, -0.15) is 0 Å². The Balaban J connectivity index is 1.36. The second-order valence-corrected chi connectivity index (χ2v) is 8.48. The molecule has 0 aliphatic rings. The first-order valence-corrected chi connectivity index (χ1v) is 11.8. The van der Waals surface area contributed by atoms with E-state index in [2.05, 4.69) is 31.9 Å². The van der Waals surface area contributed by atoms with Gasteiger partial charge in [0.2, 0.25) is 0 Å². The quantitative estimate of drug-likeness (QED) is 0.265. The maximum Gasteiger partial charge on any atom is 0.196 e. The molecule has 0 radical (unpaired) electrons. The number of thioether (sulfide) groups is 1. The fraction of sp³-hybridized carbons (Fsp3) is 0.115.